The summed E-state index contributed by atoms with van der Waals surface area (Å²) in [6, 6.07) is -2.09. The van der Waals surface area contributed by atoms with Crippen molar-refractivity contribution in [3.63, 3.8) is 0 Å². The molecule has 0 bridgehead atoms. The number of rotatable bonds is 13. The highest BCUT2D eigenvalue weighted by molar-refractivity contribution is 7.52. The average molecular weight is 621 g/mol. The van der Waals surface area contributed by atoms with E-state index in [4.69, 9.17) is 4.52 Å². The molecule has 0 aromatic heterocycles. The lowest BCUT2D eigenvalue weighted by atomic mass is 10.0. The number of aliphatic hydroxyl groups excluding tert-OH is 3. The zero-order valence-corrected chi connectivity index (χ0v) is 22.5. The van der Waals surface area contributed by atoms with E-state index in [9.17, 15) is 66.2 Å². The van der Waals surface area contributed by atoms with Crippen molar-refractivity contribution in [2.24, 2.45) is 0 Å². The number of carboxylic acid groups (broad SMARTS) is 1. The summed E-state index contributed by atoms with van der Waals surface area (Å²) in [5, 5.41) is 43.8. The third-order valence-electron chi connectivity index (χ3n) is 6.46. The molecule has 19 heteroatoms. The van der Waals surface area contributed by atoms with Crippen LogP contribution >= 0.6 is 7.60 Å². The normalized spacial score (nSPS) is 24.0. The Morgan fingerprint density at radius 3 is 2.00 bits per heavy atom. The fraction of sp³-hybridized carbons (Fsp3) is 0.591. The van der Waals surface area contributed by atoms with Gasteiger partial charge in [0, 0.05) is 25.6 Å². The Labute approximate surface area is 229 Å². The van der Waals surface area contributed by atoms with Crippen LogP contribution in [-0.4, -0.2) is 110 Å². The Hall–Kier alpha value is -2.73. The molecule has 2 unspecified atom stereocenters. The number of nitrogens with one attached hydrogen (secondary N) is 2. The topological polar surface area (TPSA) is 206 Å². The maximum Gasteiger partial charge on any atom is 0.331 e. The Morgan fingerprint density at radius 2 is 1.51 bits per heavy atom. The predicted octanol–water partition coefficient (Wildman–Crippen LogP) is -1.01. The summed E-state index contributed by atoms with van der Waals surface area (Å²) in [5.41, 5.74) is -4.07. The minimum absolute atomic E-state index is 0.202. The third kappa shape index (κ3) is 7.97. The van der Waals surface area contributed by atoms with Gasteiger partial charge in [0.2, 0.25) is 17.6 Å². The molecule has 2 amide bonds. The van der Waals surface area contributed by atoms with Crippen molar-refractivity contribution >= 4 is 25.4 Å². The Kier molecular flexibility index (Phi) is 11.3. The van der Waals surface area contributed by atoms with E-state index in [0.29, 0.717) is 0 Å². The van der Waals surface area contributed by atoms with Gasteiger partial charge in [0.25, 0.3) is 0 Å². The molecule has 1 aromatic rings. The predicted molar refractivity (Wildman–Crippen MR) is 127 cm³/mol. The number of aliphatic hydroxyl groups is 3. The minimum Gasteiger partial charge on any atom is -0.479 e. The number of halogens is 5. The lowest BCUT2D eigenvalue weighted by Crippen LogP contribution is -2.55. The zero-order chi connectivity index (χ0) is 31.4. The van der Waals surface area contributed by atoms with Crippen molar-refractivity contribution in [1.29, 1.82) is 0 Å². The second kappa shape index (κ2) is 13.5. The van der Waals surface area contributed by atoms with E-state index in [-0.39, 0.29) is 6.54 Å². The number of hydrogen-bond donors (Lipinski definition) is 7. The number of nitrogens with zero attached hydrogens (tertiary/aromatic N) is 1. The lowest BCUT2D eigenvalue weighted by Gasteiger charge is -2.31. The van der Waals surface area contributed by atoms with Crippen LogP contribution in [0.2, 0.25) is 0 Å². The first-order valence-electron chi connectivity index (χ1n) is 11.8. The molecule has 0 aliphatic carbocycles. The molecule has 1 aliphatic rings. The van der Waals surface area contributed by atoms with Crippen molar-refractivity contribution in [3.8, 4) is 0 Å². The molecule has 1 heterocycles. The van der Waals surface area contributed by atoms with Gasteiger partial charge in [-0.15, -0.1) is 0 Å². The number of carboxylic acids is 1. The number of aliphatic carboxylic acids is 1. The Balaban J connectivity index is 2.11. The van der Waals surface area contributed by atoms with E-state index in [0.717, 1.165) is 6.92 Å². The van der Waals surface area contributed by atoms with E-state index in [2.05, 4.69) is 5.32 Å². The van der Waals surface area contributed by atoms with Crippen LogP contribution in [0.25, 0.3) is 0 Å². The quantitative estimate of drug-likeness (QED) is 0.0615. The first kappa shape index (κ1) is 34.5. The summed E-state index contributed by atoms with van der Waals surface area (Å²) in [5.74, 6) is -15.6. The van der Waals surface area contributed by atoms with Crippen molar-refractivity contribution in [3.05, 3.63) is 34.6 Å². The summed E-state index contributed by atoms with van der Waals surface area (Å²) >= 11 is 0. The molecule has 1 aromatic carbocycles. The first-order chi connectivity index (χ1) is 18.9. The number of carbonyl (C=O) groups excluding carboxylic acids is 2. The molecular weight excluding hydrogens is 592 g/mol. The second-order valence-electron chi connectivity index (χ2n) is 9.52. The van der Waals surface area contributed by atoms with Crippen molar-refractivity contribution in [1.82, 2.24) is 15.5 Å². The minimum atomic E-state index is -4.72. The number of amides is 2. The summed E-state index contributed by atoms with van der Waals surface area (Å²) in [6.07, 6.45) is -5.18. The Morgan fingerprint density at radius 1 is 1.00 bits per heavy atom. The molecule has 0 spiro atoms. The summed E-state index contributed by atoms with van der Waals surface area (Å²) in [6.45, 7) is -0.534. The van der Waals surface area contributed by atoms with E-state index in [1.54, 1.807) is 5.32 Å². The van der Waals surface area contributed by atoms with Gasteiger partial charge in [0.05, 0.1) is 50.1 Å². The fourth-order valence-corrected chi connectivity index (χ4v) is 5.20. The molecule has 1 fully saturated rings. The SMILES string of the molecule is CC(=O)NC[C@@H]1[C@@H](O)[C@H](O)[C@@H](CO)N1CCP(=O)(O)OCC(C)(NC(=O)Cc1c(F)c(F)c(F)c(F)c1F)C(=O)O. The van der Waals surface area contributed by atoms with Crippen LogP contribution in [0, 0.1) is 29.1 Å². The molecule has 7 N–H and O–H groups in total. The van der Waals surface area contributed by atoms with E-state index < -0.39 is 122 Å². The monoisotopic (exact) mass is 621 g/mol. The molecular formula is C22H29F5N3O10P. The average Bonchev–Trinajstić information content (AvgIpc) is 3.13. The van der Waals surface area contributed by atoms with Crippen LogP contribution < -0.4 is 10.6 Å². The zero-order valence-electron chi connectivity index (χ0n) is 21.6. The van der Waals surface area contributed by atoms with E-state index in [1.165, 1.54) is 11.8 Å². The van der Waals surface area contributed by atoms with E-state index >= 15 is 0 Å². The molecule has 232 valence electrons. The highest BCUT2D eigenvalue weighted by Crippen LogP contribution is 2.43. The third-order valence-corrected chi connectivity index (χ3v) is 7.76. The van der Waals surface area contributed by atoms with Gasteiger partial charge in [0.1, 0.15) is 0 Å². The number of benzene rings is 1. The molecule has 1 aliphatic heterocycles. The molecule has 0 saturated carbocycles. The number of hydrogen-bond acceptors (Lipinski definition) is 9. The molecule has 2 rings (SSSR count). The highest BCUT2D eigenvalue weighted by atomic mass is 31.2. The van der Waals surface area contributed by atoms with Crippen molar-refractivity contribution < 1.29 is 70.7 Å². The van der Waals surface area contributed by atoms with Crippen LogP contribution in [0.15, 0.2) is 0 Å². The molecule has 41 heavy (non-hydrogen) atoms. The number of likely N-dealkylation sites (tertiary alicyclic amines) is 1. The van der Waals surface area contributed by atoms with Gasteiger partial charge in [-0.05, 0) is 6.92 Å². The standard InChI is InChI=1S/C22H29F5N3O10P/c1-9(32)28-6-11-19(34)20(35)12(7-31)30(11)3-4-41(38,39)40-8-22(2,21(36)37)29-13(33)5-10-14(23)16(25)18(27)17(26)15(10)24/h11-12,19-20,31,34-35H,3-8H2,1-2H3,(H,28,32)(H,29,33)(H,36,37)(H,38,39)/t11-,12-,19-,20-,22?/m1/s1. The fourth-order valence-electron chi connectivity index (χ4n) is 4.13. The molecule has 0 radical (unpaired) electrons. The summed E-state index contributed by atoms with van der Waals surface area (Å²) in [4.78, 5) is 46.9. The molecule has 6 atom stereocenters. The van der Waals surface area contributed by atoms with Gasteiger partial charge in [0.15, 0.2) is 28.8 Å². The second-order valence-corrected chi connectivity index (χ2v) is 11.5. The highest BCUT2D eigenvalue weighted by Gasteiger charge is 2.48. The smallest absolute Gasteiger partial charge is 0.331 e. The maximum atomic E-state index is 13.9. The Bertz CT molecular complexity index is 1200. The molecule has 13 nitrogen and oxygen atoms in total. The van der Waals surface area contributed by atoms with Crippen molar-refractivity contribution in [2.45, 2.75) is 50.1 Å². The number of carbonyl (C=O) groups is 3. The van der Waals surface area contributed by atoms with E-state index in [1.807, 2.05) is 0 Å². The first-order valence-corrected chi connectivity index (χ1v) is 13.6. The van der Waals surface area contributed by atoms with Crippen LogP contribution in [0.1, 0.15) is 19.4 Å². The van der Waals surface area contributed by atoms with Crippen LogP contribution in [0.4, 0.5) is 22.0 Å². The van der Waals surface area contributed by atoms with Gasteiger partial charge in [-0.25, -0.2) is 26.7 Å². The van der Waals surface area contributed by atoms with Crippen LogP contribution in [0.5, 0.6) is 0 Å². The molecule has 1 saturated heterocycles. The summed E-state index contributed by atoms with van der Waals surface area (Å²) in [7, 11) is -4.72. The van der Waals surface area contributed by atoms with Gasteiger partial charge >= 0.3 is 13.6 Å². The van der Waals surface area contributed by atoms with Gasteiger partial charge < -0.3 is 40.5 Å². The van der Waals surface area contributed by atoms with Crippen molar-refractivity contribution in [2.75, 3.05) is 32.5 Å². The largest absolute Gasteiger partial charge is 0.479 e. The van der Waals surface area contributed by atoms with Crippen LogP contribution in [0.3, 0.4) is 0 Å². The van der Waals surface area contributed by atoms with Gasteiger partial charge in [-0.2, -0.15) is 0 Å². The lowest BCUT2D eigenvalue weighted by molar-refractivity contribution is -0.148. The summed E-state index contributed by atoms with van der Waals surface area (Å²) < 4.78 is 85.4. The van der Waals surface area contributed by atoms with Gasteiger partial charge in [-0.3, -0.25) is 19.1 Å². The maximum absolute atomic E-state index is 13.9. The van der Waals surface area contributed by atoms with Gasteiger partial charge in [-0.1, -0.05) is 0 Å². The van der Waals surface area contributed by atoms with Crippen LogP contribution in [-0.2, 0) is 29.9 Å².